The molecular weight excluding hydrogens is 454 g/mol. The summed E-state index contributed by atoms with van der Waals surface area (Å²) in [7, 11) is 0. The number of carbonyl (C=O) groups excluding carboxylic acids is 1. The molecule has 0 saturated carbocycles. The fourth-order valence-corrected chi connectivity index (χ4v) is 4.99. The molecule has 0 fully saturated rings. The lowest BCUT2D eigenvalue weighted by Crippen LogP contribution is -2.38. The van der Waals surface area contributed by atoms with Crippen LogP contribution in [0.25, 0.3) is 28.7 Å². The van der Waals surface area contributed by atoms with Crippen molar-refractivity contribution in [3.05, 3.63) is 119 Å². The van der Waals surface area contributed by atoms with E-state index in [9.17, 15) is 4.79 Å². The number of amidine groups is 2. The number of carbonyl (C=O) groups is 1. The van der Waals surface area contributed by atoms with Gasteiger partial charge in [0.25, 0.3) is 5.91 Å². The van der Waals surface area contributed by atoms with Crippen molar-refractivity contribution in [1.82, 2.24) is 14.7 Å². The van der Waals surface area contributed by atoms with Crippen LogP contribution in [0.5, 0.6) is 0 Å². The standard InChI is InChI=1S/C28H19N5OS/c29-26-23(27(34)30-28-33(26)24(18-35-28)19-10-4-1-5-11-19)16-21-17-32(22-14-8-3-9-15-22)31-25(21)20-12-6-2-7-13-20/h1-18,29H/b23-16-,29-26?. The average Bonchev–Trinajstić information content (AvgIpc) is 3.53. The zero-order valence-electron chi connectivity index (χ0n) is 18.5. The van der Waals surface area contributed by atoms with Crippen molar-refractivity contribution in [2.45, 2.75) is 0 Å². The Kier molecular flexibility index (Phi) is 5.24. The third-order valence-electron chi connectivity index (χ3n) is 5.79. The number of thioether (sulfide) groups is 1. The molecule has 0 radical (unpaired) electrons. The molecule has 0 atom stereocenters. The molecule has 6 rings (SSSR count). The lowest BCUT2D eigenvalue weighted by Gasteiger charge is -2.26. The molecule has 4 aromatic rings. The van der Waals surface area contributed by atoms with Crippen molar-refractivity contribution >= 4 is 40.4 Å². The lowest BCUT2D eigenvalue weighted by molar-refractivity contribution is -0.114. The summed E-state index contributed by atoms with van der Waals surface area (Å²) in [6.45, 7) is 0. The number of benzene rings is 3. The first-order valence-electron chi connectivity index (χ1n) is 11.1. The second kappa shape index (κ2) is 8.70. The highest BCUT2D eigenvalue weighted by Crippen LogP contribution is 2.37. The van der Waals surface area contributed by atoms with E-state index >= 15 is 0 Å². The predicted molar refractivity (Wildman–Crippen MR) is 141 cm³/mol. The molecule has 7 heteroatoms. The summed E-state index contributed by atoms with van der Waals surface area (Å²) in [6.07, 6.45) is 3.61. The number of nitrogens with one attached hydrogen (secondary N) is 1. The maximum absolute atomic E-state index is 13.0. The van der Waals surface area contributed by atoms with Gasteiger partial charge in [-0.3, -0.25) is 15.1 Å². The van der Waals surface area contributed by atoms with Gasteiger partial charge in [-0.1, -0.05) is 90.6 Å². The van der Waals surface area contributed by atoms with Crippen molar-refractivity contribution in [3.8, 4) is 16.9 Å². The summed E-state index contributed by atoms with van der Waals surface area (Å²) >= 11 is 1.36. The van der Waals surface area contributed by atoms with E-state index in [0.29, 0.717) is 5.17 Å². The predicted octanol–water partition coefficient (Wildman–Crippen LogP) is 5.84. The van der Waals surface area contributed by atoms with Gasteiger partial charge < -0.3 is 0 Å². The zero-order chi connectivity index (χ0) is 23.8. The highest BCUT2D eigenvalue weighted by molar-refractivity contribution is 8.17. The first-order chi connectivity index (χ1) is 17.2. The monoisotopic (exact) mass is 473 g/mol. The average molecular weight is 474 g/mol. The topological polar surface area (TPSA) is 74.3 Å². The molecular formula is C28H19N5OS. The van der Waals surface area contributed by atoms with Crippen molar-refractivity contribution in [3.63, 3.8) is 0 Å². The van der Waals surface area contributed by atoms with Gasteiger partial charge in [-0.15, -0.1) is 0 Å². The number of nitrogens with zero attached hydrogens (tertiary/aromatic N) is 4. The molecule has 168 valence electrons. The van der Waals surface area contributed by atoms with Gasteiger partial charge >= 0.3 is 0 Å². The minimum absolute atomic E-state index is 0.103. The molecule has 0 unspecified atom stereocenters. The second-order valence-corrected chi connectivity index (χ2v) is 8.84. The minimum Gasteiger partial charge on any atom is -0.283 e. The molecule has 1 amide bonds. The lowest BCUT2D eigenvalue weighted by atomic mass is 10.0. The van der Waals surface area contributed by atoms with E-state index < -0.39 is 5.91 Å². The number of rotatable bonds is 4. The van der Waals surface area contributed by atoms with Gasteiger partial charge in [0.1, 0.15) is 5.84 Å². The van der Waals surface area contributed by atoms with Gasteiger partial charge in [-0.05, 0) is 23.8 Å². The Morgan fingerprint density at radius 3 is 2.14 bits per heavy atom. The van der Waals surface area contributed by atoms with E-state index in [2.05, 4.69) is 4.99 Å². The Bertz CT molecular complexity index is 1540. The Hall–Kier alpha value is -4.49. The quantitative estimate of drug-likeness (QED) is 0.378. The Balaban J connectivity index is 1.45. The van der Waals surface area contributed by atoms with Crippen LogP contribution in [-0.2, 0) is 4.79 Å². The van der Waals surface area contributed by atoms with Gasteiger partial charge in [-0.2, -0.15) is 10.1 Å². The molecule has 0 bridgehead atoms. The van der Waals surface area contributed by atoms with E-state index in [4.69, 9.17) is 10.5 Å². The highest BCUT2D eigenvalue weighted by atomic mass is 32.2. The SMILES string of the molecule is N=C1/C(=C/c2cn(-c3ccccc3)nc2-c2ccccc2)C(=O)N=C2SC=C(c3ccccc3)N12. The highest BCUT2D eigenvalue weighted by Gasteiger charge is 2.36. The minimum atomic E-state index is -0.428. The Labute approximate surface area is 206 Å². The van der Waals surface area contributed by atoms with Gasteiger partial charge in [0, 0.05) is 22.7 Å². The van der Waals surface area contributed by atoms with Crippen molar-refractivity contribution in [2.75, 3.05) is 0 Å². The molecule has 2 aliphatic rings. The maximum atomic E-state index is 13.0. The van der Waals surface area contributed by atoms with Crippen LogP contribution in [-0.4, -0.2) is 31.6 Å². The molecule has 3 aromatic carbocycles. The van der Waals surface area contributed by atoms with Crippen molar-refractivity contribution in [1.29, 1.82) is 5.41 Å². The van der Waals surface area contributed by atoms with Crippen LogP contribution in [0.2, 0.25) is 0 Å². The van der Waals surface area contributed by atoms with Crippen LogP contribution in [0.4, 0.5) is 0 Å². The third kappa shape index (κ3) is 3.82. The molecule has 0 spiro atoms. The Morgan fingerprint density at radius 2 is 1.46 bits per heavy atom. The van der Waals surface area contributed by atoms with E-state index in [0.717, 1.165) is 33.8 Å². The molecule has 3 heterocycles. The fourth-order valence-electron chi connectivity index (χ4n) is 4.10. The first-order valence-corrected chi connectivity index (χ1v) is 11.9. The smallest absolute Gasteiger partial charge is 0.283 e. The largest absolute Gasteiger partial charge is 0.283 e. The van der Waals surface area contributed by atoms with Crippen LogP contribution in [0.3, 0.4) is 0 Å². The summed E-state index contributed by atoms with van der Waals surface area (Å²) in [4.78, 5) is 19.1. The summed E-state index contributed by atoms with van der Waals surface area (Å²) < 4.78 is 1.79. The van der Waals surface area contributed by atoms with Gasteiger partial charge in [0.2, 0.25) is 0 Å². The van der Waals surface area contributed by atoms with Crippen molar-refractivity contribution < 1.29 is 4.79 Å². The Morgan fingerprint density at radius 1 is 0.829 bits per heavy atom. The summed E-state index contributed by atoms with van der Waals surface area (Å²) in [6, 6.07) is 29.5. The maximum Gasteiger partial charge on any atom is 0.283 e. The normalized spacial score (nSPS) is 16.3. The molecule has 0 aliphatic carbocycles. The third-order valence-corrected chi connectivity index (χ3v) is 6.62. The van der Waals surface area contributed by atoms with Crippen LogP contribution < -0.4 is 0 Å². The molecule has 0 saturated heterocycles. The van der Waals surface area contributed by atoms with Crippen LogP contribution >= 0.6 is 11.8 Å². The van der Waals surface area contributed by atoms with E-state index in [1.165, 1.54) is 11.8 Å². The summed E-state index contributed by atoms with van der Waals surface area (Å²) in [5.41, 5.74) is 5.32. The number of hydrogen-bond donors (Lipinski definition) is 1. The fraction of sp³-hybridized carbons (Fsp3) is 0. The molecule has 2 aliphatic heterocycles. The molecule has 6 nitrogen and oxygen atoms in total. The van der Waals surface area contributed by atoms with Gasteiger partial charge in [0.05, 0.1) is 22.7 Å². The number of aliphatic imine (C=N–C) groups is 1. The number of hydrogen-bond acceptors (Lipinski definition) is 4. The molecule has 35 heavy (non-hydrogen) atoms. The molecule has 1 aromatic heterocycles. The molecule has 1 N–H and O–H groups in total. The number of amides is 1. The zero-order valence-corrected chi connectivity index (χ0v) is 19.3. The number of fused-ring (bicyclic) bond motifs is 1. The van der Waals surface area contributed by atoms with E-state index in [-0.39, 0.29) is 11.4 Å². The van der Waals surface area contributed by atoms with E-state index in [1.54, 1.807) is 15.7 Å². The summed E-state index contributed by atoms with van der Waals surface area (Å²) in [5, 5.41) is 16.2. The first kappa shape index (κ1) is 21.1. The summed E-state index contributed by atoms with van der Waals surface area (Å²) in [5.74, 6) is -0.325. The van der Waals surface area contributed by atoms with Gasteiger partial charge in [0.15, 0.2) is 5.17 Å². The van der Waals surface area contributed by atoms with Crippen LogP contribution in [0, 0.1) is 5.41 Å². The van der Waals surface area contributed by atoms with E-state index in [1.807, 2.05) is 103 Å². The van der Waals surface area contributed by atoms with Crippen LogP contribution in [0.15, 0.2) is 113 Å². The number of aromatic nitrogens is 2. The van der Waals surface area contributed by atoms with Crippen molar-refractivity contribution in [2.24, 2.45) is 4.99 Å². The van der Waals surface area contributed by atoms with Gasteiger partial charge in [-0.25, -0.2) is 4.68 Å². The van der Waals surface area contributed by atoms with Crippen LogP contribution in [0.1, 0.15) is 11.1 Å². The number of para-hydroxylation sites is 1. The second-order valence-electron chi connectivity index (χ2n) is 8.01.